The van der Waals surface area contributed by atoms with Gasteiger partial charge in [0.25, 0.3) is 0 Å². The minimum atomic E-state index is 0.367. The van der Waals surface area contributed by atoms with E-state index in [0.29, 0.717) is 17.9 Å². The Morgan fingerprint density at radius 2 is 2.00 bits per heavy atom. The van der Waals surface area contributed by atoms with Gasteiger partial charge in [0, 0.05) is 36.4 Å². The van der Waals surface area contributed by atoms with E-state index in [2.05, 4.69) is 33.1 Å². The van der Waals surface area contributed by atoms with Crippen molar-refractivity contribution in [2.75, 3.05) is 18.9 Å². The second-order valence-electron chi connectivity index (χ2n) is 5.95. The van der Waals surface area contributed by atoms with Crippen molar-refractivity contribution in [3.05, 3.63) is 71.5 Å². The largest absolute Gasteiger partial charge is 0.401 e. The lowest BCUT2D eigenvalue weighted by Crippen LogP contribution is -2.01. The van der Waals surface area contributed by atoms with Crippen LogP contribution in [-0.2, 0) is 6.42 Å². The fourth-order valence-corrected chi connectivity index (χ4v) is 2.35. The molecule has 0 aliphatic carbocycles. The number of hydrogen-bond acceptors (Lipinski definition) is 5. The fourth-order valence-electron chi connectivity index (χ4n) is 2.35. The van der Waals surface area contributed by atoms with E-state index in [0.717, 1.165) is 35.4 Å². The van der Waals surface area contributed by atoms with Crippen molar-refractivity contribution in [2.24, 2.45) is 10.7 Å². The number of terminal acetylenes is 1. The molecule has 27 heavy (non-hydrogen) atoms. The number of nitrogens with zero attached hydrogens (tertiary/aromatic N) is 3. The molecular weight excluding hydrogens is 334 g/mol. The normalized spacial score (nSPS) is 12.2. The number of nitrogens with two attached hydrogens (primary N) is 1. The predicted octanol–water partition coefficient (Wildman–Crippen LogP) is 3.45. The van der Waals surface area contributed by atoms with Crippen molar-refractivity contribution in [3.63, 3.8) is 0 Å². The second-order valence-corrected chi connectivity index (χ2v) is 5.95. The van der Waals surface area contributed by atoms with Crippen LogP contribution >= 0.6 is 0 Å². The van der Waals surface area contributed by atoms with Gasteiger partial charge in [-0.1, -0.05) is 31.4 Å². The molecule has 5 heteroatoms. The summed E-state index contributed by atoms with van der Waals surface area (Å²) in [6, 6.07) is 7.90. The average molecular weight is 359 g/mol. The molecule has 138 valence electrons. The van der Waals surface area contributed by atoms with E-state index in [1.165, 1.54) is 0 Å². The van der Waals surface area contributed by atoms with Crippen LogP contribution in [0.4, 0.5) is 5.69 Å². The molecule has 2 rings (SSSR count). The highest BCUT2D eigenvalue weighted by Crippen LogP contribution is 2.17. The standard InChI is InChI=1S/C22H25N5/c1-4-6-21-15-27-22(16-26-21)14-25-13-19(23)10-7-17(5-2)18-8-11-20(24-3)12-9-18/h2,7-12,14-16,24H,4,6,13,23H2,1,3H3/b17-7+,19-10+,25-14+. The van der Waals surface area contributed by atoms with Crippen molar-refractivity contribution in [1.29, 1.82) is 0 Å². The van der Waals surface area contributed by atoms with Crippen LogP contribution in [0.15, 0.2) is 59.5 Å². The van der Waals surface area contributed by atoms with Crippen LogP contribution in [0.5, 0.6) is 0 Å². The average Bonchev–Trinajstić information content (AvgIpc) is 2.70. The molecule has 0 bridgehead atoms. The van der Waals surface area contributed by atoms with Crippen molar-refractivity contribution in [2.45, 2.75) is 19.8 Å². The van der Waals surface area contributed by atoms with Gasteiger partial charge in [-0.15, -0.1) is 6.42 Å². The molecular formula is C22H25N5. The van der Waals surface area contributed by atoms with Gasteiger partial charge in [0.05, 0.1) is 24.1 Å². The zero-order valence-corrected chi connectivity index (χ0v) is 15.8. The molecule has 0 fully saturated rings. The molecule has 0 saturated carbocycles. The van der Waals surface area contributed by atoms with Crippen molar-refractivity contribution < 1.29 is 0 Å². The fraction of sp³-hybridized carbons (Fsp3) is 0.227. The third-order valence-electron chi connectivity index (χ3n) is 3.83. The summed E-state index contributed by atoms with van der Waals surface area (Å²) in [7, 11) is 1.88. The SMILES string of the molecule is C#C/C(=C\C=C(\N)C/N=C/c1cnc(CCC)cn1)c1ccc(NC)cc1. The van der Waals surface area contributed by atoms with Gasteiger partial charge in [-0.05, 0) is 36.3 Å². The number of anilines is 1. The Hall–Kier alpha value is -3.39. The summed E-state index contributed by atoms with van der Waals surface area (Å²) in [5.74, 6) is 2.69. The molecule has 0 saturated heterocycles. The molecule has 1 heterocycles. The molecule has 2 aromatic rings. The third-order valence-corrected chi connectivity index (χ3v) is 3.83. The predicted molar refractivity (Wildman–Crippen MR) is 114 cm³/mol. The maximum Gasteiger partial charge on any atom is 0.0991 e. The number of nitrogens with one attached hydrogen (secondary N) is 1. The summed E-state index contributed by atoms with van der Waals surface area (Å²) in [4.78, 5) is 13.0. The first-order chi connectivity index (χ1) is 13.2. The second kappa shape index (κ2) is 10.6. The molecule has 0 unspecified atom stereocenters. The number of aliphatic imine (C=N–C) groups is 1. The molecule has 0 atom stereocenters. The van der Waals surface area contributed by atoms with Gasteiger partial charge >= 0.3 is 0 Å². The third kappa shape index (κ3) is 6.44. The van der Waals surface area contributed by atoms with Crippen molar-refractivity contribution in [1.82, 2.24) is 9.97 Å². The highest BCUT2D eigenvalue weighted by molar-refractivity contribution is 5.80. The smallest absolute Gasteiger partial charge is 0.0991 e. The lowest BCUT2D eigenvalue weighted by Gasteiger charge is -2.03. The van der Waals surface area contributed by atoms with Crippen LogP contribution in [0.25, 0.3) is 5.57 Å². The summed E-state index contributed by atoms with van der Waals surface area (Å²) in [5.41, 5.74) is 11.1. The minimum absolute atomic E-state index is 0.367. The van der Waals surface area contributed by atoms with Gasteiger partial charge in [-0.25, -0.2) is 0 Å². The summed E-state index contributed by atoms with van der Waals surface area (Å²) in [5, 5.41) is 3.08. The van der Waals surface area contributed by atoms with E-state index in [9.17, 15) is 0 Å². The molecule has 3 N–H and O–H groups in total. The Labute approximate surface area is 161 Å². The monoisotopic (exact) mass is 359 g/mol. The first-order valence-electron chi connectivity index (χ1n) is 8.88. The number of rotatable bonds is 8. The zero-order chi connectivity index (χ0) is 19.5. The van der Waals surface area contributed by atoms with Crippen LogP contribution < -0.4 is 11.1 Å². The van der Waals surface area contributed by atoms with E-state index in [1.54, 1.807) is 24.7 Å². The van der Waals surface area contributed by atoms with E-state index in [4.69, 9.17) is 12.2 Å². The topological polar surface area (TPSA) is 76.2 Å². The Bertz CT molecular complexity index is 853. The molecule has 0 aliphatic heterocycles. The summed E-state index contributed by atoms with van der Waals surface area (Å²) < 4.78 is 0. The summed E-state index contributed by atoms with van der Waals surface area (Å²) >= 11 is 0. The molecule has 0 aliphatic rings. The Morgan fingerprint density at radius 3 is 2.59 bits per heavy atom. The number of aryl methyl sites for hydroxylation is 1. The number of allylic oxidation sites excluding steroid dienone is 3. The maximum atomic E-state index is 6.02. The highest BCUT2D eigenvalue weighted by Gasteiger charge is 1.98. The van der Waals surface area contributed by atoms with Crippen molar-refractivity contribution in [3.8, 4) is 12.3 Å². The van der Waals surface area contributed by atoms with Crippen LogP contribution in [0.2, 0.25) is 0 Å². The van der Waals surface area contributed by atoms with E-state index in [1.807, 2.05) is 37.4 Å². The Morgan fingerprint density at radius 1 is 1.22 bits per heavy atom. The van der Waals surface area contributed by atoms with Gasteiger partial charge in [-0.3, -0.25) is 15.0 Å². The first kappa shape index (κ1) is 19.9. The Kier molecular flexibility index (Phi) is 7.80. The Balaban J connectivity index is 1.98. The van der Waals surface area contributed by atoms with Gasteiger partial charge in [0.1, 0.15) is 0 Å². The van der Waals surface area contributed by atoms with Crippen LogP contribution in [0, 0.1) is 12.3 Å². The minimum Gasteiger partial charge on any atom is -0.401 e. The van der Waals surface area contributed by atoms with Crippen LogP contribution in [0.3, 0.4) is 0 Å². The molecule has 5 nitrogen and oxygen atoms in total. The van der Waals surface area contributed by atoms with Crippen LogP contribution in [0.1, 0.15) is 30.3 Å². The number of benzene rings is 1. The molecule has 0 amide bonds. The number of aromatic nitrogens is 2. The molecule has 0 radical (unpaired) electrons. The molecule has 0 spiro atoms. The van der Waals surface area contributed by atoms with Crippen LogP contribution in [-0.4, -0.2) is 29.8 Å². The van der Waals surface area contributed by atoms with Gasteiger partial charge < -0.3 is 11.1 Å². The lowest BCUT2D eigenvalue weighted by atomic mass is 10.1. The first-order valence-corrected chi connectivity index (χ1v) is 8.88. The molecule has 1 aromatic heterocycles. The van der Waals surface area contributed by atoms with Gasteiger partial charge in [0.2, 0.25) is 0 Å². The van der Waals surface area contributed by atoms with Gasteiger partial charge in [0.15, 0.2) is 0 Å². The summed E-state index contributed by atoms with van der Waals surface area (Å²) in [6.07, 6.45) is 16.4. The maximum absolute atomic E-state index is 6.02. The lowest BCUT2D eigenvalue weighted by molar-refractivity contribution is 0.869. The van der Waals surface area contributed by atoms with Gasteiger partial charge in [-0.2, -0.15) is 0 Å². The van der Waals surface area contributed by atoms with E-state index < -0.39 is 0 Å². The zero-order valence-electron chi connectivity index (χ0n) is 15.8. The highest BCUT2D eigenvalue weighted by atomic mass is 14.8. The van der Waals surface area contributed by atoms with E-state index in [-0.39, 0.29) is 0 Å². The quantitative estimate of drug-likeness (QED) is 0.430. The summed E-state index contributed by atoms with van der Waals surface area (Å²) in [6.45, 7) is 2.48. The molecule has 1 aromatic carbocycles. The van der Waals surface area contributed by atoms with Crippen molar-refractivity contribution >= 4 is 17.5 Å². The number of hydrogen-bond donors (Lipinski definition) is 2. The van der Waals surface area contributed by atoms with E-state index >= 15 is 0 Å².